The molecular weight excluding hydrogens is 396 g/mol. The van der Waals surface area contributed by atoms with Crippen molar-refractivity contribution >= 4 is 23.4 Å². The second-order valence-electron chi connectivity index (χ2n) is 8.77. The number of nitrogens with one attached hydrogen (secondary N) is 1. The van der Waals surface area contributed by atoms with Gasteiger partial charge in [0.15, 0.2) is 0 Å². The third-order valence-corrected chi connectivity index (χ3v) is 5.25. The summed E-state index contributed by atoms with van der Waals surface area (Å²) in [4.78, 5) is 28.0. The van der Waals surface area contributed by atoms with Crippen LogP contribution in [0.1, 0.15) is 57.2 Å². The van der Waals surface area contributed by atoms with Gasteiger partial charge < -0.3 is 10.2 Å². The van der Waals surface area contributed by atoms with Crippen LogP contribution in [0, 0.1) is 6.92 Å². The van der Waals surface area contributed by atoms with Gasteiger partial charge in [0.2, 0.25) is 11.8 Å². The molecule has 0 aliphatic rings. The summed E-state index contributed by atoms with van der Waals surface area (Å²) in [5.41, 5.74) is 2.72. The molecule has 0 saturated carbocycles. The predicted molar refractivity (Wildman–Crippen MR) is 123 cm³/mol. The van der Waals surface area contributed by atoms with Crippen LogP contribution < -0.4 is 5.32 Å². The fourth-order valence-corrected chi connectivity index (χ4v) is 3.70. The van der Waals surface area contributed by atoms with E-state index in [4.69, 9.17) is 11.6 Å². The Morgan fingerprint density at radius 2 is 1.80 bits per heavy atom. The predicted octanol–water partition coefficient (Wildman–Crippen LogP) is 5.30. The Balaban J connectivity index is 2.25. The first-order valence-corrected chi connectivity index (χ1v) is 10.9. The van der Waals surface area contributed by atoms with E-state index in [2.05, 4.69) is 11.4 Å². The van der Waals surface area contributed by atoms with Gasteiger partial charge in [-0.05, 0) is 57.7 Å². The minimum absolute atomic E-state index is 0.0488. The molecule has 0 radical (unpaired) electrons. The molecule has 162 valence electrons. The van der Waals surface area contributed by atoms with Gasteiger partial charge in [0, 0.05) is 23.5 Å². The second kappa shape index (κ2) is 10.6. The molecule has 30 heavy (non-hydrogen) atoms. The Kier molecular flexibility index (Phi) is 8.48. The third-order valence-electron chi connectivity index (χ3n) is 4.89. The van der Waals surface area contributed by atoms with Gasteiger partial charge in [-0.3, -0.25) is 9.59 Å². The molecule has 0 aliphatic carbocycles. The van der Waals surface area contributed by atoms with Crippen LogP contribution in [0.25, 0.3) is 0 Å². The second-order valence-corrected chi connectivity index (χ2v) is 9.17. The molecule has 0 heterocycles. The fraction of sp³-hybridized carbons (Fsp3) is 0.440. The SMILES string of the molecule is CC[C@@H](C(=O)NC(C)(C)C)N(Cc1cccc(C)c1)C(=O)CCc1ccccc1Cl. The maximum atomic E-state index is 13.3. The summed E-state index contributed by atoms with van der Waals surface area (Å²) in [6.07, 6.45) is 1.39. The Morgan fingerprint density at radius 1 is 1.10 bits per heavy atom. The number of carbonyl (C=O) groups excluding carboxylic acids is 2. The summed E-state index contributed by atoms with van der Waals surface area (Å²) < 4.78 is 0. The lowest BCUT2D eigenvalue weighted by atomic mass is 10.0. The molecule has 5 heteroatoms. The van der Waals surface area contributed by atoms with Crippen LogP contribution in [0.2, 0.25) is 5.02 Å². The number of halogens is 1. The summed E-state index contributed by atoms with van der Waals surface area (Å²) in [5.74, 6) is -0.170. The molecular formula is C25H33ClN2O2. The lowest BCUT2D eigenvalue weighted by molar-refractivity contribution is -0.142. The van der Waals surface area contributed by atoms with Crippen molar-refractivity contribution in [1.29, 1.82) is 0 Å². The number of nitrogens with zero attached hydrogens (tertiary/aromatic N) is 1. The largest absolute Gasteiger partial charge is 0.350 e. The molecule has 1 atom stereocenters. The average molecular weight is 429 g/mol. The van der Waals surface area contributed by atoms with E-state index in [-0.39, 0.29) is 17.4 Å². The number of benzene rings is 2. The molecule has 0 spiro atoms. The van der Waals surface area contributed by atoms with E-state index in [0.717, 1.165) is 16.7 Å². The molecule has 0 aromatic heterocycles. The molecule has 2 amide bonds. The quantitative estimate of drug-likeness (QED) is 0.619. The van der Waals surface area contributed by atoms with Crippen LogP contribution in [0.15, 0.2) is 48.5 Å². The van der Waals surface area contributed by atoms with Crippen LogP contribution in [0.3, 0.4) is 0 Å². The van der Waals surface area contributed by atoms with Gasteiger partial charge in [0.25, 0.3) is 0 Å². The summed E-state index contributed by atoms with van der Waals surface area (Å²) in [6, 6.07) is 15.1. The van der Waals surface area contributed by atoms with Crippen molar-refractivity contribution in [3.8, 4) is 0 Å². The van der Waals surface area contributed by atoms with Gasteiger partial charge in [0.05, 0.1) is 0 Å². The van der Waals surface area contributed by atoms with Gasteiger partial charge >= 0.3 is 0 Å². The Morgan fingerprint density at radius 3 is 2.40 bits per heavy atom. The molecule has 0 bridgehead atoms. The normalized spacial score (nSPS) is 12.3. The van der Waals surface area contributed by atoms with E-state index in [0.29, 0.717) is 30.8 Å². The minimum atomic E-state index is -0.525. The molecule has 0 aliphatic heterocycles. The first-order chi connectivity index (χ1) is 14.1. The molecule has 4 nitrogen and oxygen atoms in total. The molecule has 1 N–H and O–H groups in total. The number of carbonyl (C=O) groups is 2. The Hall–Kier alpha value is -2.33. The third kappa shape index (κ3) is 7.17. The maximum absolute atomic E-state index is 13.3. The summed E-state index contributed by atoms with van der Waals surface area (Å²) in [5, 5.41) is 3.69. The van der Waals surface area contributed by atoms with Crippen molar-refractivity contribution < 1.29 is 9.59 Å². The number of aryl methyl sites for hydroxylation is 2. The van der Waals surface area contributed by atoms with Crippen molar-refractivity contribution in [3.05, 3.63) is 70.2 Å². The zero-order valence-electron chi connectivity index (χ0n) is 18.7. The zero-order chi connectivity index (χ0) is 22.3. The van der Waals surface area contributed by atoms with Crippen LogP contribution in [-0.2, 0) is 22.6 Å². The van der Waals surface area contributed by atoms with Gasteiger partial charge in [-0.1, -0.05) is 66.6 Å². The van der Waals surface area contributed by atoms with E-state index < -0.39 is 6.04 Å². The highest BCUT2D eigenvalue weighted by Crippen LogP contribution is 2.20. The van der Waals surface area contributed by atoms with Gasteiger partial charge in [0.1, 0.15) is 6.04 Å². The monoisotopic (exact) mass is 428 g/mol. The van der Waals surface area contributed by atoms with Gasteiger partial charge in [-0.25, -0.2) is 0 Å². The molecule has 0 unspecified atom stereocenters. The Labute approximate surface area is 185 Å². The van der Waals surface area contributed by atoms with Gasteiger partial charge in [-0.15, -0.1) is 0 Å². The fourth-order valence-electron chi connectivity index (χ4n) is 3.47. The Bertz CT molecular complexity index is 873. The van der Waals surface area contributed by atoms with E-state index in [9.17, 15) is 9.59 Å². The highest BCUT2D eigenvalue weighted by Gasteiger charge is 2.30. The van der Waals surface area contributed by atoms with Crippen LogP contribution >= 0.6 is 11.6 Å². The number of hydrogen-bond acceptors (Lipinski definition) is 2. The van der Waals surface area contributed by atoms with Crippen molar-refractivity contribution in [2.75, 3.05) is 0 Å². The maximum Gasteiger partial charge on any atom is 0.243 e. The molecule has 2 aromatic rings. The van der Waals surface area contributed by atoms with E-state index in [1.807, 2.05) is 77.1 Å². The highest BCUT2D eigenvalue weighted by molar-refractivity contribution is 6.31. The van der Waals surface area contributed by atoms with Crippen LogP contribution in [-0.4, -0.2) is 28.3 Å². The highest BCUT2D eigenvalue weighted by atomic mass is 35.5. The van der Waals surface area contributed by atoms with Crippen LogP contribution in [0.5, 0.6) is 0 Å². The number of amides is 2. The average Bonchev–Trinajstić information content (AvgIpc) is 2.65. The lowest BCUT2D eigenvalue weighted by Gasteiger charge is -2.33. The summed E-state index contributed by atoms with van der Waals surface area (Å²) >= 11 is 6.26. The first-order valence-electron chi connectivity index (χ1n) is 10.5. The van der Waals surface area contributed by atoms with Crippen molar-refractivity contribution in [2.24, 2.45) is 0 Å². The smallest absolute Gasteiger partial charge is 0.243 e. The molecule has 0 saturated heterocycles. The zero-order valence-corrected chi connectivity index (χ0v) is 19.4. The van der Waals surface area contributed by atoms with E-state index in [1.165, 1.54) is 0 Å². The standard InChI is InChI=1S/C25H33ClN2O2/c1-6-22(24(30)27-25(3,4)5)28(17-19-11-9-10-18(2)16-19)23(29)15-14-20-12-7-8-13-21(20)26/h7-13,16,22H,6,14-15,17H2,1-5H3,(H,27,30)/t22-/m0/s1. The lowest BCUT2D eigenvalue weighted by Crippen LogP contribution is -2.53. The number of rotatable bonds is 8. The number of hydrogen-bond donors (Lipinski definition) is 1. The molecule has 2 rings (SSSR count). The van der Waals surface area contributed by atoms with E-state index in [1.54, 1.807) is 4.90 Å². The van der Waals surface area contributed by atoms with E-state index >= 15 is 0 Å². The topological polar surface area (TPSA) is 49.4 Å². The molecule has 0 fully saturated rings. The summed E-state index contributed by atoms with van der Waals surface area (Å²) in [6.45, 7) is 10.2. The van der Waals surface area contributed by atoms with Crippen molar-refractivity contribution in [3.63, 3.8) is 0 Å². The molecule has 2 aromatic carbocycles. The van der Waals surface area contributed by atoms with Gasteiger partial charge in [-0.2, -0.15) is 0 Å². The van der Waals surface area contributed by atoms with Crippen molar-refractivity contribution in [2.45, 2.75) is 72.0 Å². The summed E-state index contributed by atoms with van der Waals surface area (Å²) in [7, 11) is 0. The van der Waals surface area contributed by atoms with Crippen molar-refractivity contribution in [1.82, 2.24) is 10.2 Å². The van der Waals surface area contributed by atoms with Crippen LogP contribution in [0.4, 0.5) is 0 Å². The minimum Gasteiger partial charge on any atom is -0.350 e. The first kappa shape index (κ1) is 23.9.